The number of aromatic amines is 1. The molecule has 2 aromatic rings. The lowest BCUT2D eigenvalue weighted by atomic mass is 10.2. The van der Waals surface area contributed by atoms with E-state index in [1.54, 1.807) is 18.2 Å². The van der Waals surface area contributed by atoms with Crippen LogP contribution in [0.3, 0.4) is 0 Å². The first kappa shape index (κ1) is 13.2. The summed E-state index contributed by atoms with van der Waals surface area (Å²) in [5.41, 5.74) is -0.498. The predicted molar refractivity (Wildman–Crippen MR) is 72.7 cm³/mol. The van der Waals surface area contributed by atoms with Crippen molar-refractivity contribution in [3.63, 3.8) is 0 Å². The summed E-state index contributed by atoms with van der Waals surface area (Å²) in [5.74, 6) is 0.824. The highest BCUT2D eigenvalue weighted by Gasteiger charge is 2.20. The van der Waals surface area contributed by atoms with E-state index in [2.05, 4.69) is 4.98 Å². The molecular formula is C14H11FN2O4. The van der Waals surface area contributed by atoms with E-state index in [0.717, 1.165) is 4.57 Å². The van der Waals surface area contributed by atoms with E-state index in [0.29, 0.717) is 29.2 Å². The zero-order valence-corrected chi connectivity index (χ0v) is 10.8. The van der Waals surface area contributed by atoms with Crippen LogP contribution in [0.4, 0.5) is 4.39 Å². The Morgan fingerprint density at radius 3 is 2.95 bits per heavy atom. The van der Waals surface area contributed by atoms with Crippen LogP contribution < -0.4 is 20.7 Å². The van der Waals surface area contributed by atoms with Crippen molar-refractivity contribution in [2.24, 2.45) is 0 Å². The molecule has 0 aliphatic carbocycles. The second-order valence-corrected chi connectivity index (χ2v) is 4.35. The molecule has 0 unspecified atom stereocenters. The number of hydrogen-bond donors (Lipinski definition) is 1. The van der Waals surface area contributed by atoms with Gasteiger partial charge in [0.1, 0.15) is 0 Å². The van der Waals surface area contributed by atoms with Gasteiger partial charge in [0.25, 0.3) is 5.56 Å². The van der Waals surface area contributed by atoms with Crippen LogP contribution >= 0.6 is 0 Å². The number of fused-ring (bicyclic) bond motifs is 1. The van der Waals surface area contributed by atoms with E-state index in [1.807, 2.05) is 0 Å². The number of nitrogens with zero attached hydrogens (tertiary/aromatic N) is 1. The average Bonchev–Trinajstić information content (AvgIpc) is 2.93. The Morgan fingerprint density at radius 2 is 2.19 bits per heavy atom. The zero-order valence-electron chi connectivity index (χ0n) is 10.8. The lowest BCUT2D eigenvalue weighted by Crippen LogP contribution is -2.34. The van der Waals surface area contributed by atoms with Gasteiger partial charge in [-0.05, 0) is 12.1 Å². The maximum atomic E-state index is 12.2. The minimum atomic E-state index is -0.617. The van der Waals surface area contributed by atoms with Crippen molar-refractivity contribution in [3.8, 4) is 17.2 Å². The van der Waals surface area contributed by atoms with Crippen LogP contribution in [0.25, 0.3) is 5.69 Å². The fourth-order valence-corrected chi connectivity index (χ4v) is 2.14. The number of rotatable bonds is 3. The Kier molecular flexibility index (Phi) is 3.31. The average molecular weight is 290 g/mol. The minimum absolute atomic E-state index is 0.0401. The van der Waals surface area contributed by atoms with Gasteiger partial charge in [-0.15, -0.1) is 0 Å². The fraction of sp³-hybridized carbons (Fsp3) is 0.143. The Hall–Kier alpha value is -2.83. The monoisotopic (exact) mass is 290 g/mol. The van der Waals surface area contributed by atoms with E-state index in [-0.39, 0.29) is 13.2 Å². The molecular weight excluding hydrogens is 279 g/mol. The van der Waals surface area contributed by atoms with Gasteiger partial charge in [-0.3, -0.25) is 4.79 Å². The van der Waals surface area contributed by atoms with Gasteiger partial charge in [0.2, 0.25) is 6.79 Å². The van der Waals surface area contributed by atoms with Gasteiger partial charge in [0.15, 0.2) is 11.5 Å². The number of hydrogen-bond acceptors (Lipinski definition) is 4. The van der Waals surface area contributed by atoms with Crippen molar-refractivity contribution in [3.05, 3.63) is 63.2 Å². The fourth-order valence-electron chi connectivity index (χ4n) is 2.14. The molecule has 0 spiro atoms. The Labute approximate surface area is 118 Å². The quantitative estimate of drug-likeness (QED) is 0.924. The summed E-state index contributed by atoms with van der Waals surface area (Å²) in [4.78, 5) is 26.8. The molecule has 1 aliphatic heterocycles. The number of allylic oxidation sites excluding steroid dienone is 1. The van der Waals surface area contributed by atoms with Crippen molar-refractivity contribution in [2.75, 3.05) is 6.79 Å². The van der Waals surface area contributed by atoms with Crippen molar-refractivity contribution < 1.29 is 13.9 Å². The van der Waals surface area contributed by atoms with Gasteiger partial charge in [0.05, 0.1) is 12.0 Å². The molecule has 1 aromatic heterocycles. The number of nitrogens with one attached hydrogen (secondary N) is 1. The van der Waals surface area contributed by atoms with Crippen LogP contribution in [-0.2, 0) is 6.42 Å². The number of aromatic nitrogens is 2. The highest BCUT2D eigenvalue weighted by molar-refractivity contribution is 5.56. The molecule has 108 valence electrons. The smallest absolute Gasteiger partial charge is 0.333 e. The first-order valence-corrected chi connectivity index (χ1v) is 6.20. The van der Waals surface area contributed by atoms with E-state index in [9.17, 15) is 14.0 Å². The van der Waals surface area contributed by atoms with E-state index in [1.165, 1.54) is 12.1 Å². The maximum Gasteiger partial charge on any atom is 0.333 e. The van der Waals surface area contributed by atoms with Crippen molar-refractivity contribution >= 4 is 0 Å². The van der Waals surface area contributed by atoms with Crippen molar-refractivity contribution in [2.45, 2.75) is 6.42 Å². The third kappa shape index (κ3) is 2.33. The van der Waals surface area contributed by atoms with Gasteiger partial charge < -0.3 is 14.5 Å². The molecule has 0 fully saturated rings. The molecule has 0 saturated carbocycles. The molecule has 0 atom stereocenters. The SMILES string of the molecule is O=c1cc(CC=CF)[nH]c(=O)n1-c1cccc2c1OCO2. The van der Waals surface area contributed by atoms with Gasteiger partial charge in [-0.2, -0.15) is 0 Å². The van der Waals surface area contributed by atoms with E-state index >= 15 is 0 Å². The van der Waals surface area contributed by atoms with Gasteiger partial charge in [-0.1, -0.05) is 12.1 Å². The molecule has 1 aromatic carbocycles. The topological polar surface area (TPSA) is 73.3 Å². The molecule has 0 amide bonds. The molecule has 2 heterocycles. The number of H-pyrrole nitrogens is 1. The third-order valence-electron chi connectivity index (χ3n) is 3.03. The van der Waals surface area contributed by atoms with Gasteiger partial charge in [-0.25, -0.2) is 13.8 Å². The minimum Gasteiger partial charge on any atom is -0.454 e. The summed E-state index contributed by atoms with van der Waals surface area (Å²) in [7, 11) is 0. The summed E-state index contributed by atoms with van der Waals surface area (Å²) < 4.78 is 23.5. The van der Waals surface area contributed by atoms with Crippen LogP contribution in [0.5, 0.6) is 11.5 Å². The second-order valence-electron chi connectivity index (χ2n) is 4.35. The standard InChI is InChI=1S/C14H11FN2O4/c15-6-2-3-9-7-12(18)17(14(19)16-9)10-4-1-5-11-13(10)21-8-20-11/h1-2,4-7H,3,8H2,(H,16,19). The lowest BCUT2D eigenvalue weighted by molar-refractivity contribution is 0.173. The molecule has 1 N–H and O–H groups in total. The number of benzene rings is 1. The summed E-state index contributed by atoms with van der Waals surface area (Å²) in [6, 6.07) is 6.18. The molecule has 0 bridgehead atoms. The van der Waals surface area contributed by atoms with Gasteiger partial charge in [0, 0.05) is 18.2 Å². The summed E-state index contributed by atoms with van der Waals surface area (Å²) in [5, 5.41) is 0. The molecule has 0 radical (unpaired) electrons. The number of halogens is 1. The Bertz CT molecular complexity index is 791. The molecule has 21 heavy (non-hydrogen) atoms. The maximum absolute atomic E-state index is 12.2. The number of ether oxygens (including phenoxy) is 2. The largest absolute Gasteiger partial charge is 0.454 e. The van der Waals surface area contributed by atoms with Crippen LogP contribution in [0.2, 0.25) is 0 Å². The molecule has 6 nitrogen and oxygen atoms in total. The summed E-state index contributed by atoms with van der Waals surface area (Å²) in [6.07, 6.45) is 1.69. The molecule has 3 rings (SSSR count). The third-order valence-corrected chi connectivity index (χ3v) is 3.03. The molecule has 1 aliphatic rings. The summed E-state index contributed by atoms with van der Waals surface area (Å²) >= 11 is 0. The van der Waals surface area contributed by atoms with Crippen LogP contribution in [-0.4, -0.2) is 16.3 Å². The zero-order chi connectivity index (χ0) is 14.8. The van der Waals surface area contributed by atoms with Gasteiger partial charge >= 0.3 is 5.69 Å². The highest BCUT2D eigenvalue weighted by atomic mass is 19.1. The molecule has 7 heteroatoms. The van der Waals surface area contributed by atoms with Crippen molar-refractivity contribution in [1.82, 2.24) is 9.55 Å². The first-order valence-electron chi connectivity index (χ1n) is 6.20. The molecule has 0 saturated heterocycles. The second kappa shape index (κ2) is 5.28. The Balaban J connectivity index is 2.14. The van der Waals surface area contributed by atoms with E-state index < -0.39 is 11.2 Å². The first-order chi connectivity index (χ1) is 10.2. The van der Waals surface area contributed by atoms with E-state index in [4.69, 9.17) is 9.47 Å². The van der Waals surface area contributed by atoms with Crippen LogP contribution in [0.1, 0.15) is 5.69 Å². The Morgan fingerprint density at radius 1 is 1.33 bits per heavy atom. The predicted octanol–water partition coefficient (Wildman–Crippen LogP) is 1.28. The highest BCUT2D eigenvalue weighted by Crippen LogP contribution is 2.36. The van der Waals surface area contributed by atoms with Crippen LogP contribution in [0.15, 0.2) is 46.3 Å². The number of para-hydroxylation sites is 1. The lowest BCUT2D eigenvalue weighted by Gasteiger charge is -2.08. The normalized spacial score (nSPS) is 13.0. The van der Waals surface area contributed by atoms with Crippen molar-refractivity contribution in [1.29, 1.82) is 0 Å². The van der Waals surface area contributed by atoms with Crippen LogP contribution in [0, 0.1) is 0 Å². The summed E-state index contributed by atoms with van der Waals surface area (Å²) in [6.45, 7) is 0.0401.